The monoisotopic (exact) mass is 322 g/mol. The highest BCUT2D eigenvalue weighted by Gasteiger charge is 2.13. The smallest absolute Gasteiger partial charge is 0.169 e. The molecule has 0 saturated carbocycles. The van der Waals surface area contributed by atoms with Crippen molar-refractivity contribution in [1.29, 1.82) is 0 Å². The van der Waals surface area contributed by atoms with E-state index >= 15 is 0 Å². The van der Waals surface area contributed by atoms with Crippen molar-refractivity contribution in [1.82, 2.24) is 24.7 Å². The number of halogens is 1. The summed E-state index contributed by atoms with van der Waals surface area (Å²) >= 11 is 5.94. The number of nitrogens with zero attached hydrogens (tertiary/aromatic N) is 5. The van der Waals surface area contributed by atoms with E-state index in [0.29, 0.717) is 27.7 Å². The van der Waals surface area contributed by atoms with Crippen LogP contribution in [0.1, 0.15) is 0 Å². The zero-order valence-corrected chi connectivity index (χ0v) is 12.6. The SMILES string of the molecule is Nc1nc(-c2ccncc2)nc2c1cnn2-c1ccc(Cl)cc1. The number of benzene rings is 1. The summed E-state index contributed by atoms with van der Waals surface area (Å²) in [6.45, 7) is 0. The topological polar surface area (TPSA) is 82.5 Å². The summed E-state index contributed by atoms with van der Waals surface area (Å²) in [7, 11) is 0. The van der Waals surface area contributed by atoms with Crippen molar-refractivity contribution in [3.63, 3.8) is 0 Å². The van der Waals surface area contributed by atoms with Crippen LogP contribution < -0.4 is 5.73 Å². The molecule has 0 aliphatic rings. The Morgan fingerprint density at radius 3 is 2.43 bits per heavy atom. The van der Waals surface area contributed by atoms with Gasteiger partial charge >= 0.3 is 0 Å². The molecule has 23 heavy (non-hydrogen) atoms. The third-order valence-electron chi connectivity index (χ3n) is 3.47. The molecular formula is C16H11ClN6. The lowest BCUT2D eigenvalue weighted by molar-refractivity contribution is 0.896. The third-order valence-corrected chi connectivity index (χ3v) is 3.72. The number of anilines is 1. The predicted molar refractivity (Wildman–Crippen MR) is 89.3 cm³/mol. The molecule has 0 fully saturated rings. The molecule has 4 rings (SSSR count). The summed E-state index contributed by atoms with van der Waals surface area (Å²) in [6.07, 6.45) is 5.04. The van der Waals surface area contributed by atoms with E-state index in [1.165, 1.54) is 0 Å². The van der Waals surface area contributed by atoms with Crippen LogP contribution in [0.25, 0.3) is 28.1 Å². The fourth-order valence-electron chi connectivity index (χ4n) is 2.33. The second-order valence-electron chi connectivity index (χ2n) is 4.94. The summed E-state index contributed by atoms with van der Waals surface area (Å²) < 4.78 is 1.72. The van der Waals surface area contributed by atoms with E-state index < -0.39 is 0 Å². The first-order valence-corrected chi connectivity index (χ1v) is 7.28. The van der Waals surface area contributed by atoms with Gasteiger partial charge < -0.3 is 5.73 Å². The van der Waals surface area contributed by atoms with Crippen molar-refractivity contribution in [3.05, 3.63) is 60.0 Å². The average molecular weight is 323 g/mol. The van der Waals surface area contributed by atoms with Crippen LogP contribution in [0.5, 0.6) is 0 Å². The normalized spacial score (nSPS) is 11.0. The first-order valence-electron chi connectivity index (χ1n) is 6.90. The van der Waals surface area contributed by atoms with E-state index in [9.17, 15) is 0 Å². The minimum atomic E-state index is 0.391. The summed E-state index contributed by atoms with van der Waals surface area (Å²) in [4.78, 5) is 13.0. The minimum absolute atomic E-state index is 0.391. The fraction of sp³-hybridized carbons (Fsp3) is 0. The Kier molecular flexibility index (Phi) is 3.17. The van der Waals surface area contributed by atoms with Crippen LogP contribution in [0.4, 0.5) is 5.82 Å². The van der Waals surface area contributed by atoms with Crippen LogP contribution in [0.3, 0.4) is 0 Å². The summed E-state index contributed by atoms with van der Waals surface area (Å²) in [5.41, 5.74) is 8.41. The van der Waals surface area contributed by atoms with E-state index in [-0.39, 0.29) is 0 Å². The quantitative estimate of drug-likeness (QED) is 0.613. The Morgan fingerprint density at radius 1 is 0.957 bits per heavy atom. The van der Waals surface area contributed by atoms with Gasteiger partial charge in [0.15, 0.2) is 11.5 Å². The average Bonchev–Trinajstić information content (AvgIpc) is 3.01. The molecule has 0 aliphatic carbocycles. The maximum absolute atomic E-state index is 6.07. The number of hydrogen-bond acceptors (Lipinski definition) is 5. The molecule has 0 aliphatic heterocycles. The van der Waals surface area contributed by atoms with Gasteiger partial charge in [0.05, 0.1) is 17.3 Å². The molecule has 0 saturated heterocycles. The molecule has 0 amide bonds. The fourth-order valence-corrected chi connectivity index (χ4v) is 2.46. The number of aromatic nitrogens is 5. The first-order chi connectivity index (χ1) is 11.2. The molecule has 2 N–H and O–H groups in total. The summed E-state index contributed by atoms with van der Waals surface area (Å²) in [5, 5.41) is 5.74. The van der Waals surface area contributed by atoms with Gasteiger partial charge in [0.1, 0.15) is 5.82 Å². The summed E-state index contributed by atoms with van der Waals surface area (Å²) in [5.74, 6) is 0.926. The van der Waals surface area contributed by atoms with Gasteiger partial charge in [-0.25, -0.2) is 14.6 Å². The van der Waals surface area contributed by atoms with Gasteiger partial charge in [-0.3, -0.25) is 4.98 Å². The van der Waals surface area contributed by atoms with Gasteiger partial charge in [-0.1, -0.05) is 11.6 Å². The minimum Gasteiger partial charge on any atom is -0.383 e. The zero-order valence-electron chi connectivity index (χ0n) is 11.9. The lowest BCUT2D eigenvalue weighted by Crippen LogP contribution is -2.01. The van der Waals surface area contributed by atoms with Gasteiger partial charge in [0, 0.05) is 23.0 Å². The second kappa shape index (κ2) is 5.33. The molecule has 3 heterocycles. The second-order valence-corrected chi connectivity index (χ2v) is 5.37. The van der Waals surface area contributed by atoms with Crippen LogP contribution in [-0.4, -0.2) is 24.7 Å². The van der Waals surface area contributed by atoms with Crippen molar-refractivity contribution < 1.29 is 0 Å². The number of hydrogen-bond donors (Lipinski definition) is 1. The Morgan fingerprint density at radius 2 is 1.70 bits per heavy atom. The molecule has 4 aromatic rings. The number of rotatable bonds is 2. The van der Waals surface area contributed by atoms with Crippen LogP contribution >= 0.6 is 11.6 Å². The highest BCUT2D eigenvalue weighted by molar-refractivity contribution is 6.30. The van der Waals surface area contributed by atoms with Crippen LogP contribution in [0.15, 0.2) is 55.0 Å². The lowest BCUT2D eigenvalue weighted by Gasteiger charge is -2.06. The van der Waals surface area contributed by atoms with Crippen molar-refractivity contribution in [3.8, 4) is 17.1 Å². The molecule has 1 aromatic carbocycles. The van der Waals surface area contributed by atoms with Crippen molar-refractivity contribution >= 4 is 28.5 Å². The van der Waals surface area contributed by atoms with E-state index in [1.807, 2.05) is 24.3 Å². The third kappa shape index (κ3) is 2.39. The Bertz CT molecular complexity index is 979. The number of fused-ring (bicyclic) bond motifs is 1. The number of pyridine rings is 1. The van der Waals surface area contributed by atoms with E-state index in [0.717, 1.165) is 11.3 Å². The van der Waals surface area contributed by atoms with Crippen LogP contribution in [0.2, 0.25) is 5.02 Å². The van der Waals surface area contributed by atoms with Gasteiger partial charge in [0.2, 0.25) is 0 Å². The Hall–Kier alpha value is -2.99. The maximum atomic E-state index is 6.07. The Labute approximate surface area is 136 Å². The van der Waals surface area contributed by atoms with Crippen LogP contribution in [-0.2, 0) is 0 Å². The van der Waals surface area contributed by atoms with Gasteiger partial charge in [0.25, 0.3) is 0 Å². The lowest BCUT2D eigenvalue weighted by atomic mass is 10.2. The number of nitrogen functional groups attached to an aromatic ring is 1. The van der Waals surface area contributed by atoms with E-state index in [2.05, 4.69) is 20.1 Å². The van der Waals surface area contributed by atoms with Crippen molar-refractivity contribution in [2.75, 3.05) is 5.73 Å². The first kappa shape index (κ1) is 13.7. The predicted octanol–water partition coefficient (Wildman–Crippen LogP) is 3.11. The van der Waals surface area contributed by atoms with Gasteiger partial charge in [-0.15, -0.1) is 0 Å². The molecule has 112 valence electrons. The van der Waals surface area contributed by atoms with Crippen LogP contribution in [0, 0.1) is 0 Å². The van der Waals surface area contributed by atoms with E-state index in [4.69, 9.17) is 17.3 Å². The zero-order chi connectivity index (χ0) is 15.8. The molecule has 3 aromatic heterocycles. The Balaban J connectivity index is 1.94. The molecule has 0 spiro atoms. The number of nitrogens with two attached hydrogens (primary N) is 1. The standard InChI is InChI=1S/C16H11ClN6/c17-11-1-3-12(4-2-11)23-16-13(9-20-23)14(18)21-15(22-16)10-5-7-19-8-6-10/h1-9H,(H2,18,21,22). The van der Waals surface area contributed by atoms with Gasteiger partial charge in [-0.05, 0) is 36.4 Å². The van der Waals surface area contributed by atoms with Crippen molar-refractivity contribution in [2.45, 2.75) is 0 Å². The molecule has 0 bridgehead atoms. The molecule has 0 radical (unpaired) electrons. The largest absolute Gasteiger partial charge is 0.383 e. The molecule has 0 atom stereocenters. The molecule has 7 heteroatoms. The molecular weight excluding hydrogens is 312 g/mol. The maximum Gasteiger partial charge on any atom is 0.169 e. The van der Waals surface area contributed by atoms with Gasteiger partial charge in [-0.2, -0.15) is 5.10 Å². The molecule has 6 nitrogen and oxygen atoms in total. The van der Waals surface area contributed by atoms with E-state index in [1.54, 1.807) is 35.4 Å². The highest BCUT2D eigenvalue weighted by atomic mass is 35.5. The summed E-state index contributed by atoms with van der Waals surface area (Å²) in [6, 6.07) is 11.0. The van der Waals surface area contributed by atoms with Crippen molar-refractivity contribution in [2.24, 2.45) is 0 Å². The highest BCUT2D eigenvalue weighted by Crippen LogP contribution is 2.25. The molecule has 0 unspecified atom stereocenters.